The molecule has 0 unspecified atom stereocenters. The molecule has 9 heteroatoms. The van der Waals surface area contributed by atoms with Crippen molar-refractivity contribution in [1.29, 1.82) is 5.26 Å². The predicted molar refractivity (Wildman–Crippen MR) is 127 cm³/mol. The molecule has 0 aromatic carbocycles. The van der Waals surface area contributed by atoms with E-state index in [4.69, 9.17) is 16.6 Å². The quantitative estimate of drug-likeness (QED) is 0.462. The minimum absolute atomic E-state index is 0.0927. The van der Waals surface area contributed by atoms with Crippen LogP contribution >= 0.6 is 24.0 Å². The van der Waals surface area contributed by atoms with E-state index in [2.05, 4.69) is 4.90 Å². The van der Waals surface area contributed by atoms with Crippen molar-refractivity contribution < 1.29 is 9.21 Å². The average Bonchev–Trinajstić information content (AvgIpc) is 3.36. The van der Waals surface area contributed by atoms with E-state index in [1.165, 1.54) is 16.7 Å². The van der Waals surface area contributed by atoms with E-state index in [0.717, 1.165) is 0 Å². The number of carbonyl (C=O) groups is 1. The zero-order chi connectivity index (χ0) is 22.7. The fraction of sp³-hybridized carbons (Fsp3) is 0.364. The summed E-state index contributed by atoms with van der Waals surface area (Å²) >= 11 is 6.64. The fourth-order valence-corrected chi connectivity index (χ4v) is 4.86. The number of carbonyl (C=O) groups excluding carboxylic acids is 1. The second-order valence-corrected chi connectivity index (χ2v) is 8.59. The number of hydrogen-bond donors (Lipinski definition) is 0. The van der Waals surface area contributed by atoms with Crippen LogP contribution in [0.4, 0.5) is 5.82 Å². The van der Waals surface area contributed by atoms with Gasteiger partial charge in [-0.05, 0) is 51.5 Å². The summed E-state index contributed by atoms with van der Waals surface area (Å²) in [5, 5.41) is 9.62. The number of furan rings is 1. The Balaban J connectivity index is 2.17. The zero-order valence-electron chi connectivity index (χ0n) is 18.0. The molecule has 1 aliphatic heterocycles. The van der Waals surface area contributed by atoms with Crippen molar-refractivity contribution in [2.45, 2.75) is 40.8 Å². The van der Waals surface area contributed by atoms with Crippen molar-refractivity contribution in [1.82, 2.24) is 9.47 Å². The van der Waals surface area contributed by atoms with Crippen molar-refractivity contribution in [3.05, 3.63) is 56.1 Å². The minimum atomic E-state index is -0.313. The van der Waals surface area contributed by atoms with Gasteiger partial charge in [0.2, 0.25) is 0 Å². The molecule has 0 saturated carbocycles. The second kappa shape index (κ2) is 9.54. The van der Waals surface area contributed by atoms with Crippen molar-refractivity contribution >= 4 is 46.1 Å². The molecule has 0 atom stereocenters. The standard InChI is InChI=1S/C22H24N4O3S2/c1-5-24(6-2)19-16(14(4)17(12-23)20(27)25(19)7-3)11-18-21(28)26(22(30)31-18)13-15-9-8-10-29-15/h8-11H,5-7,13H2,1-4H3. The van der Waals surface area contributed by atoms with Crippen LogP contribution < -0.4 is 10.5 Å². The molecule has 2 aromatic heterocycles. The van der Waals surface area contributed by atoms with Gasteiger partial charge in [0.25, 0.3) is 11.5 Å². The third kappa shape index (κ3) is 4.18. The summed E-state index contributed by atoms with van der Waals surface area (Å²) in [6.07, 6.45) is 3.32. The largest absolute Gasteiger partial charge is 0.467 e. The first kappa shape index (κ1) is 22.8. The van der Waals surface area contributed by atoms with Crippen molar-refractivity contribution in [2.75, 3.05) is 18.0 Å². The number of thiocarbonyl (C=S) groups is 1. The highest BCUT2D eigenvalue weighted by atomic mass is 32.2. The van der Waals surface area contributed by atoms with E-state index in [9.17, 15) is 14.9 Å². The van der Waals surface area contributed by atoms with Crippen LogP contribution in [0.15, 0.2) is 32.5 Å². The summed E-state index contributed by atoms with van der Waals surface area (Å²) in [6, 6.07) is 5.60. The average molecular weight is 457 g/mol. The molecule has 7 nitrogen and oxygen atoms in total. The molecule has 0 bridgehead atoms. The molecule has 0 spiro atoms. The Kier molecular flexibility index (Phi) is 7.03. The Labute approximate surface area is 190 Å². The highest BCUT2D eigenvalue weighted by Gasteiger charge is 2.33. The lowest BCUT2D eigenvalue weighted by Gasteiger charge is -2.28. The Morgan fingerprint density at radius 2 is 2.00 bits per heavy atom. The number of aromatic nitrogens is 1. The van der Waals surface area contributed by atoms with Gasteiger partial charge in [-0.15, -0.1) is 0 Å². The van der Waals surface area contributed by atoms with Gasteiger partial charge in [-0.1, -0.05) is 24.0 Å². The summed E-state index contributed by atoms with van der Waals surface area (Å²) in [4.78, 5) is 30.1. The van der Waals surface area contributed by atoms with Crippen LogP contribution in [0.1, 0.15) is 43.2 Å². The summed E-state index contributed by atoms with van der Waals surface area (Å²) in [6.45, 7) is 9.68. The first-order valence-corrected chi connectivity index (χ1v) is 11.3. The van der Waals surface area contributed by atoms with Gasteiger partial charge in [0.1, 0.15) is 27.5 Å². The summed E-state index contributed by atoms with van der Waals surface area (Å²) < 4.78 is 7.40. The number of anilines is 1. The molecule has 0 aliphatic carbocycles. The van der Waals surface area contributed by atoms with Gasteiger partial charge in [0.15, 0.2) is 0 Å². The minimum Gasteiger partial charge on any atom is -0.467 e. The lowest BCUT2D eigenvalue weighted by atomic mass is 10.0. The number of rotatable bonds is 7. The van der Waals surface area contributed by atoms with Gasteiger partial charge in [0.05, 0.1) is 17.7 Å². The van der Waals surface area contributed by atoms with Gasteiger partial charge in [-0.2, -0.15) is 5.26 Å². The van der Waals surface area contributed by atoms with E-state index in [-0.39, 0.29) is 23.6 Å². The molecule has 1 aliphatic rings. The van der Waals surface area contributed by atoms with E-state index < -0.39 is 0 Å². The zero-order valence-corrected chi connectivity index (χ0v) is 19.6. The molecule has 2 aromatic rings. The van der Waals surface area contributed by atoms with E-state index >= 15 is 0 Å². The molecule has 1 fully saturated rings. The molecule has 31 heavy (non-hydrogen) atoms. The maximum Gasteiger partial charge on any atom is 0.270 e. The molecule has 3 rings (SSSR count). The maximum absolute atomic E-state index is 13.1. The fourth-order valence-electron chi connectivity index (χ4n) is 3.63. The van der Waals surface area contributed by atoms with E-state index in [0.29, 0.717) is 51.6 Å². The lowest BCUT2D eigenvalue weighted by Crippen LogP contribution is -2.34. The number of nitriles is 1. The van der Waals surface area contributed by atoms with Crippen LogP contribution in [-0.2, 0) is 17.9 Å². The first-order chi connectivity index (χ1) is 14.9. The van der Waals surface area contributed by atoms with Crippen LogP contribution in [0.2, 0.25) is 0 Å². The number of hydrogen-bond acceptors (Lipinski definition) is 7. The number of amides is 1. The van der Waals surface area contributed by atoms with Crippen LogP contribution in [-0.4, -0.2) is 32.8 Å². The van der Waals surface area contributed by atoms with Gasteiger partial charge in [0, 0.05) is 25.2 Å². The SMILES string of the molecule is CCN(CC)c1c(C=C2SC(=S)N(Cc3ccco3)C2=O)c(C)c(C#N)c(=O)n1CC. The number of thioether (sulfide) groups is 1. The van der Waals surface area contributed by atoms with Crippen molar-refractivity contribution in [3.8, 4) is 6.07 Å². The maximum atomic E-state index is 13.1. The molecular formula is C22H24N4O3S2. The topological polar surface area (TPSA) is 82.5 Å². The monoisotopic (exact) mass is 456 g/mol. The van der Waals surface area contributed by atoms with Crippen LogP contribution in [0.25, 0.3) is 6.08 Å². The van der Waals surface area contributed by atoms with Gasteiger partial charge >= 0.3 is 0 Å². The summed E-state index contributed by atoms with van der Waals surface area (Å²) in [5.74, 6) is 1.14. The molecule has 162 valence electrons. The van der Waals surface area contributed by atoms with E-state index in [1.807, 2.05) is 26.8 Å². The first-order valence-electron chi connectivity index (χ1n) is 10.1. The summed E-state index contributed by atoms with van der Waals surface area (Å²) in [5.41, 5.74) is 1.04. The van der Waals surface area contributed by atoms with Crippen LogP contribution in [0.3, 0.4) is 0 Å². The second-order valence-electron chi connectivity index (χ2n) is 6.92. The Hall–Kier alpha value is -2.83. The molecule has 3 heterocycles. The van der Waals surface area contributed by atoms with Crippen molar-refractivity contribution in [3.63, 3.8) is 0 Å². The summed E-state index contributed by atoms with van der Waals surface area (Å²) in [7, 11) is 0. The Bertz CT molecular complexity index is 1140. The van der Waals surface area contributed by atoms with Crippen LogP contribution in [0, 0.1) is 18.3 Å². The molecule has 0 radical (unpaired) electrons. The molecule has 1 amide bonds. The number of nitrogens with zero attached hydrogens (tertiary/aromatic N) is 4. The Morgan fingerprint density at radius 1 is 1.29 bits per heavy atom. The highest BCUT2D eigenvalue weighted by Crippen LogP contribution is 2.36. The van der Waals surface area contributed by atoms with Crippen LogP contribution in [0.5, 0.6) is 0 Å². The predicted octanol–water partition coefficient (Wildman–Crippen LogP) is 3.89. The van der Waals surface area contributed by atoms with Gasteiger partial charge in [-0.25, -0.2) is 0 Å². The molecular weight excluding hydrogens is 432 g/mol. The molecule has 0 N–H and O–H groups in total. The number of pyridine rings is 1. The smallest absolute Gasteiger partial charge is 0.270 e. The van der Waals surface area contributed by atoms with E-state index in [1.54, 1.807) is 36.0 Å². The van der Waals surface area contributed by atoms with Crippen molar-refractivity contribution in [2.24, 2.45) is 0 Å². The third-order valence-electron chi connectivity index (χ3n) is 5.27. The Morgan fingerprint density at radius 3 is 2.55 bits per heavy atom. The molecule has 1 saturated heterocycles. The third-order valence-corrected chi connectivity index (χ3v) is 6.65. The highest BCUT2D eigenvalue weighted by molar-refractivity contribution is 8.26. The van der Waals surface area contributed by atoms with Gasteiger partial charge in [-0.3, -0.25) is 19.1 Å². The normalized spacial score (nSPS) is 15.1. The lowest BCUT2D eigenvalue weighted by molar-refractivity contribution is -0.122. The van der Waals surface area contributed by atoms with Gasteiger partial charge < -0.3 is 9.32 Å².